The minimum Gasteiger partial charge on any atom is -0.378 e. The Morgan fingerprint density at radius 3 is 2.71 bits per heavy atom. The van der Waals surface area contributed by atoms with E-state index in [0.717, 1.165) is 64.1 Å². The first-order valence-electron chi connectivity index (χ1n) is 10.4. The highest BCUT2D eigenvalue weighted by Gasteiger charge is 2.25. The average Bonchev–Trinajstić information content (AvgIpc) is 2.68. The molecule has 3 heterocycles. The van der Waals surface area contributed by atoms with Gasteiger partial charge in [0.15, 0.2) is 0 Å². The Balaban J connectivity index is 1.58. The zero-order chi connectivity index (χ0) is 19.5. The molecule has 0 bridgehead atoms. The van der Waals surface area contributed by atoms with Crippen LogP contribution in [0.4, 0.5) is 11.8 Å². The third-order valence-corrected chi connectivity index (χ3v) is 5.34. The molecule has 6 heteroatoms. The molecule has 1 saturated heterocycles. The number of nitrogens with one attached hydrogen (secondary N) is 1. The molecule has 0 atom stereocenters. The van der Waals surface area contributed by atoms with Crippen molar-refractivity contribution in [1.82, 2.24) is 14.9 Å². The number of aromatic nitrogens is 2. The van der Waals surface area contributed by atoms with Crippen molar-refractivity contribution in [3.63, 3.8) is 0 Å². The molecule has 1 fully saturated rings. The van der Waals surface area contributed by atoms with Gasteiger partial charge in [-0.25, -0.2) is 4.98 Å². The summed E-state index contributed by atoms with van der Waals surface area (Å²) in [5.41, 5.74) is 5.13. The van der Waals surface area contributed by atoms with Crippen molar-refractivity contribution < 1.29 is 4.74 Å². The highest BCUT2D eigenvalue weighted by atomic mass is 16.5. The quantitative estimate of drug-likeness (QED) is 0.859. The summed E-state index contributed by atoms with van der Waals surface area (Å²) in [5.74, 6) is 1.84. The van der Waals surface area contributed by atoms with Crippen LogP contribution < -0.4 is 10.2 Å². The van der Waals surface area contributed by atoms with Gasteiger partial charge in [-0.2, -0.15) is 4.98 Å². The van der Waals surface area contributed by atoms with Crippen LogP contribution in [0, 0.1) is 6.92 Å². The Kier molecular flexibility index (Phi) is 5.78. The topological polar surface area (TPSA) is 53.5 Å². The third kappa shape index (κ3) is 4.45. The van der Waals surface area contributed by atoms with Crippen molar-refractivity contribution in [2.75, 3.05) is 43.1 Å². The van der Waals surface area contributed by atoms with Gasteiger partial charge in [-0.15, -0.1) is 0 Å². The number of hydrogen-bond acceptors (Lipinski definition) is 6. The SMILES string of the molecule is Cc1cccc(CN2CCc3nc(N4CCOCC4)nc(NC(C)C)c3C2)c1. The number of aryl methyl sites for hydroxylation is 1. The molecular formula is C22H31N5O. The lowest BCUT2D eigenvalue weighted by Gasteiger charge is -2.32. The molecule has 2 aliphatic rings. The molecule has 0 spiro atoms. The summed E-state index contributed by atoms with van der Waals surface area (Å²) in [4.78, 5) is 14.6. The summed E-state index contributed by atoms with van der Waals surface area (Å²) in [6.07, 6.45) is 0.966. The van der Waals surface area contributed by atoms with Gasteiger partial charge < -0.3 is 15.0 Å². The van der Waals surface area contributed by atoms with Gasteiger partial charge in [0.1, 0.15) is 5.82 Å². The largest absolute Gasteiger partial charge is 0.378 e. The Bertz CT molecular complexity index is 817. The first kappa shape index (κ1) is 19.2. The van der Waals surface area contributed by atoms with Crippen LogP contribution in [0.5, 0.6) is 0 Å². The molecule has 1 aromatic carbocycles. The molecule has 6 nitrogen and oxygen atoms in total. The van der Waals surface area contributed by atoms with E-state index < -0.39 is 0 Å². The number of benzene rings is 1. The average molecular weight is 382 g/mol. The minimum absolute atomic E-state index is 0.337. The lowest BCUT2D eigenvalue weighted by atomic mass is 10.0. The van der Waals surface area contributed by atoms with E-state index in [4.69, 9.17) is 14.7 Å². The van der Waals surface area contributed by atoms with Gasteiger partial charge in [0.25, 0.3) is 0 Å². The normalized spacial score (nSPS) is 17.6. The first-order valence-corrected chi connectivity index (χ1v) is 10.4. The highest BCUT2D eigenvalue weighted by molar-refractivity contribution is 5.53. The maximum Gasteiger partial charge on any atom is 0.227 e. The fourth-order valence-electron chi connectivity index (χ4n) is 3.96. The molecule has 0 amide bonds. The highest BCUT2D eigenvalue weighted by Crippen LogP contribution is 2.28. The fraction of sp³-hybridized carbons (Fsp3) is 0.545. The standard InChI is InChI=1S/C22H31N5O/c1-16(2)23-21-19-15-26(14-18-6-4-5-17(3)13-18)8-7-20(19)24-22(25-21)27-9-11-28-12-10-27/h4-6,13,16H,7-12,14-15H2,1-3H3,(H,23,24,25). The summed E-state index contributed by atoms with van der Waals surface area (Å²) in [7, 11) is 0. The van der Waals surface area contributed by atoms with E-state index >= 15 is 0 Å². The van der Waals surface area contributed by atoms with Crippen molar-refractivity contribution in [3.8, 4) is 0 Å². The Hall–Kier alpha value is -2.18. The monoisotopic (exact) mass is 381 g/mol. The van der Waals surface area contributed by atoms with E-state index in [1.165, 1.54) is 22.4 Å². The minimum atomic E-state index is 0.337. The Morgan fingerprint density at radius 2 is 1.96 bits per heavy atom. The number of nitrogens with zero attached hydrogens (tertiary/aromatic N) is 4. The van der Waals surface area contributed by atoms with Crippen LogP contribution in [0.25, 0.3) is 0 Å². The Morgan fingerprint density at radius 1 is 1.14 bits per heavy atom. The van der Waals surface area contributed by atoms with E-state index in [1.54, 1.807) is 0 Å². The second-order valence-electron chi connectivity index (χ2n) is 8.15. The number of rotatable bonds is 5. The third-order valence-electron chi connectivity index (χ3n) is 5.34. The predicted octanol–water partition coefficient (Wildman–Crippen LogP) is 3.00. The predicted molar refractivity (Wildman–Crippen MR) is 113 cm³/mol. The van der Waals surface area contributed by atoms with Crippen molar-refractivity contribution in [2.24, 2.45) is 0 Å². The zero-order valence-electron chi connectivity index (χ0n) is 17.2. The van der Waals surface area contributed by atoms with Crippen LogP contribution >= 0.6 is 0 Å². The molecule has 1 N–H and O–H groups in total. The number of fused-ring (bicyclic) bond motifs is 1. The molecule has 0 unspecified atom stereocenters. The molecule has 0 saturated carbocycles. The van der Waals surface area contributed by atoms with Crippen LogP contribution in [0.2, 0.25) is 0 Å². The molecule has 0 aliphatic carbocycles. The summed E-state index contributed by atoms with van der Waals surface area (Å²) in [6.45, 7) is 12.6. The number of morpholine rings is 1. The van der Waals surface area contributed by atoms with E-state index in [-0.39, 0.29) is 0 Å². The van der Waals surface area contributed by atoms with Gasteiger partial charge in [-0.1, -0.05) is 29.8 Å². The van der Waals surface area contributed by atoms with Crippen LogP contribution in [0.1, 0.15) is 36.2 Å². The number of hydrogen-bond donors (Lipinski definition) is 1. The van der Waals surface area contributed by atoms with E-state index in [1.807, 2.05) is 0 Å². The summed E-state index contributed by atoms with van der Waals surface area (Å²) in [5, 5.41) is 3.57. The van der Waals surface area contributed by atoms with Crippen molar-refractivity contribution >= 4 is 11.8 Å². The van der Waals surface area contributed by atoms with Gasteiger partial charge >= 0.3 is 0 Å². The molecule has 150 valence electrons. The summed E-state index contributed by atoms with van der Waals surface area (Å²) in [6, 6.07) is 9.13. The molecule has 28 heavy (non-hydrogen) atoms. The molecule has 2 aliphatic heterocycles. The molecular weight excluding hydrogens is 350 g/mol. The van der Waals surface area contributed by atoms with Crippen LogP contribution in [0.3, 0.4) is 0 Å². The van der Waals surface area contributed by atoms with Gasteiger partial charge in [-0.05, 0) is 26.3 Å². The second kappa shape index (κ2) is 8.45. The maximum absolute atomic E-state index is 5.49. The van der Waals surface area contributed by atoms with Crippen molar-refractivity contribution in [3.05, 3.63) is 46.6 Å². The molecule has 2 aromatic rings. The van der Waals surface area contributed by atoms with Gasteiger partial charge in [0.05, 0.1) is 18.9 Å². The van der Waals surface area contributed by atoms with Gasteiger partial charge in [-0.3, -0.25) is 4.90 Å². The maximum atomic E-state index is 5.49. The fourth-order valence-corrected chi connectivity index (χ4v) is 3.96. The zero-order valence-corrected chi connectivity index (χ0v) is 17.2. The lowest BCUT2D eigenvalue weighted by molar-refractivity contribution is 0.122. The summed E-state index contributed by atoms with van der Waals surface area (Å²) < 4.78 is 5.49. The Labute approximate surface area is 167 Å². The summed E-state index contributed by atoms with van der Waals surface area (Å²) >= 11 is 0. The molecule has 4 rings (SSSR count). The second-order valence-corrected chi connectivity index (χ2v) is 8.15. The lowest BCUT2D eigenvalue weighted by Crippen LogP contribution is -2.38. The molecule has 1 aromatic heterocycles. The van der Waals surface area contributed by atoms with Gasteiger partial charge in [0.2, 0.25) is 5.95 Å². The van der Waals surface area contributed by atoms with Crippen molar-refractivity contribution in [2.45, 2.75) is 46.3 Å². The van der Waals surface area contributed by atoms with Crippen molar-refractivity contribution in [1.29, 1.82) is 0 Å². The van der Waals surface area contributed by atoms with Gasteiger partial charge in [0, 0.05) is 50.7 Å². The van der Waals surface area contributed by atoms with Crippen LogP contribution in [0.15, 0.2) is 24.3 Å². The van der Waals surface area contributed by atoms with E-state index in [0.29, 0.717) is 6.04 Å². The van der Waals surface area contributed by atoms with E-state index in [2.05, 4.69) is 60.2 Å². The first-order chi connectivity index (χ1) is 13.6. The van der Waals surface area contributed by atoms with Crippen LogP contribution in [-0.2, 0) is 24.2 Å². The smallest absolute Gasteiger partial charge is 0.227 e. The number of ether oxygens (including phenoxy) is 1. The van der Waals surface area contributed by atoms with Crippen LogP contribution in [-0.4, -0.2) is 53.8 Å². The molecule has 0 radical (unpaired) electrons. The van der Waals surface area contributed by atoms with E-state index in [9.17, 15) is 0 Å². The number of anilines is 2.